The molecule has 0 spiro atoms. The Morgan fingerprint density at radius 1 is 1.10 bits per heavy atom. The number of benzene rings is 2. The van der Waals surface area contributed by atoms with E-state index in [2.05, 4.69) is 24.4 Å². The van der Waals surface area contributed by atoms with Crippen molar-refractivity contribution in [2.45, 2.75) is 26.9 Å². The topological polar surface area (TPSA) is 38.3 Å². The van der Waals surface area contributed by atoms with Crippen molar-refractivity contribution < 1.29 is 9.53 Å². The van der Waals surface area contributed by atoms with Crippen LogP contribution in [0.3, 0.4) is 0 Å². The van der Waals surface area contributed by atoms with Crippen LogP contribution in [0.25, 0.3) is 0 Å². The van der Waals surface area contributed by atoms with Crippen LogP contribution >= 0.6 is 0 Å². The van der Waals surface area contributed by atoms with E-state index in [0.717, 1.165) is 16.9 Å². The predicted molar refractivity (Wildman–Crippen MR) is 81.0 cm³/mol. The van der Waals surface area contributed by atoms with Crippen molar-refractivity contribution in [3.8, 4) is 0 Å². The third kappa shape index (κ3) is 4.12. The Kier molecular flexibility index (Phi) is 4.77. The minimum absolute atomic E-state index is 0.179. The molecule has 20 heavy (non-hydrogen) atoms. The first kappa shape index (κ1) is 14.1. The summed E-state index contributed by atoms with van der Waals surface area (Å²) in [6.45, 7) is 4.17. The van der Waals surface area contributed by atoms with Crippen molar-refractivity contribution in [3.05, 3.63) is 59.7 Å². The summed E-state index contributed by atoms with van der Waals surface area (Å²) in [6.07, 6.45) is 0.404. The fourth-order valence-electron chi connectivity index (χ4n) is 1.81. The van der Waals surface area contributed by atoms with Gasteiger partial charge in [-0.15, -0.1) is 0 Å². The molecule has 0 atom stereocenters. The fraction of sp³-hybridized carbons (Fsp3) is 0.235. The number of aryl methyl sites for hydroxylation is 1. The summed E-state index contributed by atoms with van der Waals surface area (Å²) < 4.78 is 5.13. The largest absolute Gasteiger partial charge is 0.461 e. The molecule has 2 aromatic rings. The van der Waals surface area contributed by atoms with E-state index in [0.29, 0.717) is 13.0 Å². The predicted octanol–water partition coefficient (Wildman–Crippen LogP) is 4.19. The molecule has 2 aromatic carbocycles. The average molecular weight is 269 g/mol. The molecule has 0 saturated carbocycles. The Hall–Kier alpha value is -2.29. The molecule has 0 heterocycles. The maximum Gasteiger partial charge on any atom is 0.305 e. The monoisotopic (exact) mass is 269 g/mol. The highest BCUT2D eigenvalue weighted by Crippen LogP contribution is 2.18. The second-order valence-corrected chi connectivity index (χ2v) is 4.71. The molecule has 104 valence electrons. The van der Waals surface area contributed by atoms with E-state index in [1.165, 1.54) is 5.56 Å². The van der Waals surface area contributed by atoms with Gasteiger partial charge in [-0.3, -0.25) is 4.79 Å². The van der Waals surface area contributed by atoms with Gasteiger partial charge in [0.1, 0.15) is 6.61 Å². The van der Waals surface area contributed by atoms with Crippen LogP contribution in [-0.4, -0.2) is 5.97 Å². The van der Waals surface area contributed by atoms with E-state index in [1.807, 2.05) is 36.4 Å². The summed E-state index contributed by atoms with van der Waals surface area (Å²) in [7, 11) is 0. The molecule has 3 heteroatoms. The minimum atomic E-state index is -0.179. The van der Waals surface area contributed by atoms with E-state index >= 15 is 0 Å². The van der Waals surface area contributed by atoms with Crippen molar-refractivity contribution >= 4 is 17.3 Å². The molecule has 0 saturated heterocycles. The van der Waals surface area contributed by atoms with Crippen LogP contribution in [0, 0.1) is 6.92 Å². The number of esters is 1. The zero-order valence-corrected chi connectivity index (χ0v) is 11.8. The Morgan fingerprint density at radius 2 is 1.85 bits per heavy atom. The SMILES string of the molecule is CCC(=O)OCc1cccc(Nc2ccc(C)cc2)c1. The van der Waals surface area contributed by atoms with Gasteiger partial charge in [0.2, 0.25) is 0 Å². The Balaban J connectivity index is 2.02. The number of carbonyl (C=O) groups is 1. The number of anilines is 2. The van der Waals surface area contributed by atoms with Crippen LogP contribution < -0.4 is 5.32 Å². The summed E-state index contributed by atoms with van der Waals surface area (Å²) in [5.74, 6) is -0.179. The minimum Gasteiger partial charge on any atom is -0.461 e. The molecule has 0 unspecified atom stereocenters. The molecule has 0 aliphatic carbocycles. The number of ether oxygens (including phenoxy) is 1. The van der Waals surface area contributed by atoms with Gasteiger partial charge < -0.3 is 10.1 Å². The quantitative estimate of drug-likeness (QED) is 0.827. The van der Waals surface area contributed by atoms with Crippen molar-refractivity contribution in [2.75, 3.05) is 5.32 Å². The molecule has 0 amide bonds. The smallest absolute Gasteiger partial charge is 0.305 e. The van der Waals surface area contributed by atoms with Gasteiger partial charge in [0, 0.05) is 17.8 Å². The lowest BCUT2D eigenvalue weighted by Crippen LogP contribution is -2.02. The van der Waals surface area contributed by atoms with E-state index in [4.69, 9.17) is 4.74 Å². The lowest BCUT2D eigenvalue weighted by atomic mass is 10.2. The highest BCUT2D eigenvalue weighted by Gasteiger charge is 2.01. The maximum absolute atomic E-state index is 11.2. The molecule has 0 fully saturated rings. The maximum atomic E-state index is 11.2. The molecule has 0 radical (unpaired) electrons. The van der Waals surface area contributed by atoms with Gasteiger partial charge in [-0.05, 0) is 36.8 Å². The van der Waals surface area contributed by atoms with Crippen LogP contribution in [-0.2, 0) is 16.1 Å². The Labute approximate surface area is 119 Å². The van der Waals surface area contributed by atoms with E-state index in [-0.39, 0.29) is 5.97 Å². The molecular weight excluding hydrogens is 250 g/mol. The summed E-state index contributed by atoms with van der Waals surface area (Å²) in [5, 5.41) is 3.33. The lowest BCUT2D eigenvalue weighted by molar-refractivity contribution is -0.144. The molecule has 1 N–H and O–H groups in total. The number of rotatable bonds is 5. The molecule has 0 aliphatic rings. The van der Waals surface area contributed by atoms with Crippen LogP contribution in [0.5, 0.6) is 0 Å². The summed E-state index contributed by atoms with van der Waals surface area (Å²) >= 11 is 0. The van der Waals surface area contributed by atoms with Crippen molar-refractivity contribution in [1.29, 1.82) is 0 Å². The number of hydrogen-bond acceptors (Lipinski definition) is 3. The zero-order valence-electron chi connectivity index (χ0n) is 11.8. The van der Waals surface area contributed by atoms with Gasteiger partial charge in [-0.25, -0.2) is 0 Å². The molecule has 3 nitrogen and oxygen atoms in total. The Morgan fingerprint density at radius 3 is 2.55 bits per heavy atom. The van der Waals surface area contributed by atoms with Gasteiger partial charge >= 0.3 is 5.97 Å². The molecular formula is C17H19NO2. The third-order valence-corrected chi connectivity index (χ3v) is 2.96. The zero-order chi connectivity index (χ0) is 14.4. The van der Waals surface area contributed by atoms with E-state index in [9.17, 15) is 4.79 Å². The number of hydrogen-bond donors (Lipinski definition) is 1. The van der Waals surface area contributed by atoms with Crippen LogP contribution in [0.15, 0.2) is 48.5 Å². The Bertz CT molecular complexity index is 576. The van der Waals surface area contributed by atoms with Gasteiger partial charge in [-0.1, -0.05) is 36.8 Å². The van der Waals surface area contributed by atoms with Gasteiger partial charge in [-0.2, -0.15) is 0 Å². The van der Waals surface area contributed by atoms with Gasteiger partial charge in [0.05, 0.1) is 0 Å². The highest BCUT2D eigenvalue weighted by molar-refractivity contribution is 5.69. The van der Waals surface area contributed by atoms with E-state index in [1.54, 1.807) is 6.92 Å². The second kappa shape index (κ2) is 6.75. The summed E-state index contributed by atoms with van der Waals surface area (Å²) in [6, 6.07) is 16.1. The molecule has 0 bridgehead atoms. The molecule has 2 rings (SSSR count). The van der Waals surface area contributed by atoms with Crippen LogP contribution in [0.2, 0.25) is 0 Å². The third-order valence-electron chi connectivity index (χ3n) is 2.96. The van der Waals surface area contributed by atoms with Crippen molar-refractivity contribution in [2.24, 2.45) is 0 Å². The lowest BCUT2D eigenvalue weighted by Gasteiger charge is -2.09. The normalized spacial score (nSPS) is 10.1. The molecule has 0 aromatic heterocycles. The van der Waals surface area contributed by atoms with Crippen LogP contribution in [0.1, 0.15) is 24.5 Å². The fourth-order valence-corrected chi connectivity index (χ4v) is 1.81. The van der Waals surface area contributed by atoms with Crippen LogP contribution in [0.4, 0.5) is 11.4 Å². The summed E-state index contributed by atoms with van der Waals surface area (Å²) in [5.41, 5.74) is 4.23. The second-order valence-electron chi connectivity index (χ2n) is 4.71. The van der Waals surface area contributed by atoms with Crippen molar-refractivity contribution in [1.82, 2.24) is 0 Å². The highest BCUT2D eigenvalue weighted by atomic mass is 16.5. The van der Waals surface area contributed by atoms with E-state index < -0.39 is 0 Å². The number of nitrogens with one attached hydrogen (secondary N) is 1. The van der Waals surface area contributed by atoms with Crippen molar-refractivity contribution in [3.63, 3.8) is 0 Å². The molecule has 0 aliphatic heterocycles. The number of carbonyl (C=O) groups excluding carboxylic acids is 1. The van der Waals surface area contributed by atoms with Gasteiger partial charge in [0.25, 0.3) is 0 Å². The standard InChI is InChI=1S/C17H19NO2/c1-3-17(19)20-12-14-5-4-6-16(11-14)18-15-9-7-13(2)8-10-15/h4-11,18H,3,12H2,1-2H3. The summed E-state index contributed by atoms with van der Waals surface area (Å²) in [4.78, 5) is 11.2. The first-order valence-electron chi connectivity index (χ1n) is 6.75. The average Bonchev–Trinajstić information content (AvgIpc) is 2.47. The first-order valence-corrected chi connectivity index (χ1v) is 6.75. The van der Waals surface area contributed by atoms with Gasteiger partial charge in [0.15, 0.2) is 0 Å². The first-order chi connectivity index (χ1) is 9.67.